The molecule has 0 aromatic heterocycles. The zero-order valence-corrected chi connectivity index (χ0v) is 11.4. The number of likely N-dealkylation sites (tertiary alicyclic amines) is 1. The third-order valence-electron chi connectivity index (χ3n) is 3.44. The first-order valence-electron chi connectivity index (χ1n) is 7.00. The largest absolute Gasteiger partial charge is 0.383 e. The molecular weight excluding hydrogens is 214 g/mol. The van der Waals surface area contributed by atoms with Gasteiger partial charge in [0.15, 0.2) is 0 Å². The van der Waals surface area contributed by atoms with Crippen LogP contribution in [0.1, 0.15) is 25.7 Å². The lowest BCUT2D eigenvalue weighted by Crippen LogP contribution is -2.33. The molecule has 4 nitrogen and oxygen atoms in total. The van der Waals surface area contributed by atoms with E-state index in [1.54, 1.807) is 7.11 Å². The molecule has 0 atom stereocenters. The van der Waals surface area contributed by atoms with Gasteiger partial charge in [-0.05, 0) is 65.0 Å². The van der Waals surface area contributed by atoms with Crippen LogP contribution in [0.2, 0.25) is 0 Å². The number of nitrogens with two attached hydrogens (primary N) is 1. The van der Waals surface area contributed by atoms with Crippen molar-refractivity contribution in [1.29, 1.82) is 0 Å². The Bertz CT molecular complexity index is 164. The summed E-state index contributed by atoms with van der Waals surface area (Å²) in [6.07, 6.45) is 5.14. The lowest BCUT2D eigenvalue weighted by molar-refractivity contribution is 0.143. The Labute approximate surface area is 106 Å². The summed E-state index contributed by atoms with van der Waals surface area (Å²) in [5, 5.41) is 0. The predicted octanol–water partition coefficient (Wildman–Crippen LogP) is 0.770. The summed E-state index contributed by atoms with van der Waals surface area (Å²) in [6.45, 7) is 8.81. The van der Waals surface area contributed by atoms with Crippen molar-refractivity contribution in [2.24, 2.45) is 5.73 Å². The molecular formula is C13H29N3O. The molecule has 1 heterocycles. The van der Waals surface area contributed by atoms with E-state index in [9.17, 15) is 0 Å². The maximum atomic E-state index is 5.57. The second-order valence-corrected chi connectivity index (χ2v) is 4.88. The van der Waals surface area contributed by atoms with E-state index in [1.165, 1.54) is 45.4 Å². The quantitative estimate of drug-likeness (QED) is 0.615. The minimum Gasteiger partial charge on any atom is -0.383 e. The summed E-state index contributed by atoms with van der Waals surface area (Å²) in [5.41, 5.74) is 5.57. The van der Waals surface area contributed by atoms with Crippen LogP contribution in [0.15, 0.2) is 0 Å². The maximum Gasteiger partial charge on any atom is 0.0589 e. The van der Waals surface area contributed by atoms with E-state index in [1.807, 2.05) is 0 Å². The highest BCUT2D eigenvalue weighted by Crippen LogP contribution is 2.07. The molecule has 0 aromatic carbocycles. The minimum absolute atomic E-state index is 0.787. The molecule has 0 aromatic rings. The summed E-state index contributed by atoms with van der Waals surface area (Å²) in [7, 11) is 1.77. The van der Waals surface area contributed by atoms with Crippen molar-refractivity contribution in [1.82, 2.24) is 9.80 Å². The standard InChI is InChI=1S/C13H29N3O/c1-17-13-12-16(9-4-6-14)11-5-10-15-7-2-3-8-15/h2-14H2,1H3. The lowest BCUT2D eigenvalue weighted by Gasteiger charge is -2.23. The summed E-state index contributed by atoms with van der Waals surface area (Å²) < 4.78 is 5.15. The van der Waals surface area contributed by atoms with Crippen LogP contribution >= 0.6 is 0 Å². The average Bonchev–Trinajstić information content (AvgIpc) is 2.85. The maximum absolute atomic E-state index is 5.57. The van der Waals surface area contributed by atoms with Crippen LogP contribution in [0.3, 0.4) is 0 Å². The Morgan fingerprint density at radius 1 is 1.12 bits per heavy atom. The molecule has 1 rings (SSSR count). The van der Waals surface area contributed by atoms with E-state index in [4.69, 9.17) is 10.5 Å². The third-order valence-corrected chi connectivity index (χ3v) is 3.44. The Hall–Kier alpha value is -0.160. The fraction of sp³-hybridized carbons (Fsp3) is 1.00. The van der Waals surface area contributed by atoms with Gasteiger partial charge in [-0.15, -0.1) is 0 Å². The molecule has 1 aliphatic heterocycles. The second-order valence-electron chi connectivity index (χ2n) is 4.88. The zero-order chi connectivity index (χ0) is 12.3. The Balaban J connectivity index is 2.08. The van der Waals surface area contributed by atoms with Crippen molar-refractivity contribution >= 4 is 0 Å². The Morgan fingerprint density at radius 2 is 1.82 bits per heavy atom. The molecule has 0 unspecified atom stereocenters. The van der Waals surface area contributed by atoms with Gasteiger partial charge in [-0.1, -0.05) is 0 Å². The highest BCUT2D eigenvalue weighted by atomic mass is 16.5. The molecule has 102 valence electrons. The van der Waals surface area contributed by atoms with Crippen LogP contribution < -0.4 is 5.73 Å². The molecule has 2 N–H and O–H groups in total. The highest BCUT2D eigenvalue weighted by molar-refractivity contribution is 4.67. The summed E-state index contributed by atoms with van der Waals surface area (Å²) in [6, 6.07) is 0. The van der Waals surface area contributed by atoms with Crippen molar-refractivity contribution in [2.75, 3.05) is 59.5 Å². The van der Waals surface area contributed by atoms with E-state index >= 15 is 0 Å². The molecule has 0 bridgehead atoms. The molecule has 0 aliphatic carbocycles. The first kappa shape index (κ1) is 14.9. The van der Waals surface area contributed by atoms with Gasteiger partial charge in [0, 0.05) is 13.7 Å². The van der Waals surface area contributed by atoms with Gasteiger partial charge < -0.3 is 20.3 Å². The Kier molecular flexibility index (Phi) is 8.61. The number of ether oxygens (including phenoxy) is 1. The molecule has 0 saturated carbocycles. The average molecular weight is 243 g/mol. The van der Waals surface area contributed by atoms with Gasteiger partial charge in [-0.25, -0.2) is 0 Å². The van der Waals surface area contributed by atoms with Crippen LogP contribution in [0.4, 0.5) is 0 Å². The minimum atomic E-state index is 0.787. The molecule has 0 amide bonds. The van der Waals surface area contributed by atoms with Gasteiger partial charge in [0.25, 0.3) is 0 Å². The summed E-state index contributed by atoms with van der Waals surface area (Å²) in [4.78, 5) is 5.06. The first-order chi connectivity index (χ1) is 8.36. The van der Waals surface area contributed by atoms with Crippen LogP contribution in [-0.4, -0.2) is 69.3 Å². The van der Waals surface area contributed by atoms with Gasteiger partial charge in [0.05, 0.1) is 6.61 Å². The molecule has 4 heteroatoms. The number of hydrogen-bond acceptors (Lipinski definition) is 4. The van der Waals surface area contributed by atoms with Gasteiger partial charge in [-0.2, -0.15) is 0 Å². The van der Waals surface area contributed by atoms with Crippen molar-refractivity contribution < 1.29 is 4.74 Å². The normalized spacial score (nSPS) is 17.1. The van der Waals surface area contributed by atoms with Crippen molar-refractivity contribution in [3.8, 4) is 0 Å². The first-order valence-corrected chi connectivity index (χ1v) is 7.00. The van der Waals surface area contributed by atoms with E-state index in [0.29, 0.717) is 0 Å². The summed E-state index contributed by atoms with van der Waals surface area (Å²) >= 11 is 0. The second kappa shape index (κ2) is 9.83. The molecule has 1 saturated heterocycles. The van der Waals surface area contributed by atoms with Crippen LogP contribution in [0.25, 0.3) is 0 Å². The van der Waals surface area contributed by atoms with Crippen molar-refractivity contribution in [3.05, 3.63) is 0 Å². The summed E-state index contributed by atoms with van der Waals surface area (Å²) in [5.74, 6) is 0. The van der Waals surface area contributed by atoms with Gasteiger partial charge in [0.2, 0.25) is 0 Å². The number of methoxy groups -OCH3 is 1. The van der Waals surface area contributed by atoms with Crippen LogP contribution in [0, 0.1) is 0 Å². The van der Waals surface area contributed by atoms with Crippen LogP contribution in [-0.2, 0) is 4.74 Å². The Morgan fingerprint density at radius 3 is 2.47 bits per heavy atom. The van der Waals surface area contributed by atoms with Gasteiger partial charge in [-0.3, -0.25) is 0 Å². The number of rotatable bonds is 10. The SMILES string of the molecule is COCCN(CCCN)CCCN1CCCC1. The molecule has 0 radical (unpaired) electrons. The highest BCUT2D eigenvalue weighted by Gasteiger charge is 2.11. The van der Waals surface area contributed by atoms with E-state index < -0.39 is 0 Å². The van der Waals surface area contributed by atoms with Gasteiger partial charge in [0.1, 0.15) is 0 Å². The van der Waals surface area contributed by atoms with E-state index in [-0.39, 0.29) is 0 Å². The predicted molar refractivity (Wildman–Crippen MR) is 72.3 cm³/mol. The fourth-order valence-corrected chi connectivity index (χ4v) is 2.39. The number of hydrogen-bond donors (Lipinski definition) is 1. The topological polar surface area (TPSA) is 41.7 Å². The van der Waals surface area contributed by atoms with Crippen molar-refractivity contribution in [3.63, 3.8) is 0 Å². The zero-order valence-electron chi connectivity index (χ0n) is 11.4. The van der Waals surface area contributed by atoms with Crippen molar-refractivity contribution in [2.45, 2.75) is 25.7 Å². The monoisotopic (exact) mass is 243 g/mol. The molecule has 1 fully saturated rings. The number of nitrogens with zero attached hydrogens (tertiary/aromatic N) is 2. The molecule has 0 spiro atoms. The van der Waals surface area contributed by atoms with E-state index in [2.05, 4.69) is 9.80 Å². The third kappa shape index (κ3) is 6.99. The smallest absolute Gasteiger partial charge is 0.0589 e. The molecule has 1 aliphatic rings. The van der Waals surface area contributed by atoms with E-state index in [0.717, 1.165) is 32.7 Å². The lowest BCUT2D eigenvalue weighted by atomic mass is 10.3. The fourth-order valence-electron chi connectivity index (χ4n) is 2.39. The molecule has 17 heavy (non-hydrogen) atoms. The van der Waals surface area contributed by atoms with Crippen LogP contribution in [0.5, 0.6) is 0 Å². The van der Waals surface area contributed by atoms with Gasteiger partial charge >= 0.3 is 0 Å².